The summed E-state index contributed by atoms with van der Waals surface area (Å²) in [6.45, 7) is 13.0. The highest BCUT2D eigenvalue weighted by molar-refractivity contribution is 5.23. The van der Waals surface area contributed by atoms with Crippen LogP contribution in [0.2, 0.25) is 0 Å². The Hall–Kier alpha value is -1.25. The maximum Gasteiger partial charge on any atom is 0.103 e. The van der Waals surface area contributed by atoms with Crippen LogP contribution in [0.1, 0.15) is 108 Å². The van der Waals surface area contributed by atoms with E-state index in [0.717, 1.165) is 24.4 Å². The van der Waals surface area contributed by atoms with Crippen molar-refractivity contribution < 1.29 is 4.74 Å². The molecule has 0 aliphatic heterocycles. The van der Waals surface area contributed by atoms with E-state index in [0.29, 0.717) is 11.8 Å². The van der Waals surface area contributed by atoms with Crippen molar-refractivity contribution in [1.29, 1.82) is 0 Å². The Balaban J connectivity index is 2.17. The average molecular weight is 347 g/mol. The number of nitrogens with one attached hydrogen (secondary N) is 1. The molecule has 1 N–H and O–H groups in total. The smallest absolute Gasteiger partial charge is 0.103 e. The molecule has 1 aromatic rings. The minimum atomic E-state index is 0.0147. The molecule has 0 amide bonds. The monoisotopic (exact) mass is 346 g/mol. The van der Waals surface area contributed by atoms with Crippen LogP contribution in [-0.2, 0) is 4.74 Å². The summed E-state index contributed by atoms with van der Waals surface area (Å²) in [5.41, 5.74) is 2.81. The van der Waals surface area contributed by atoms with E-state index in [4.69, 9.17) is 9.72 Å². The summed E-state index contributed by atoms with van der Waals surface area (Å²) in [7, 11) is 1.73. The molecule has 25 heavy (non-hydrogen) atoms. The van der Waals surface area contributed by atoms with Crippen LogP contribution in [0.15, 0.2) is 12.3 Å². The molecule has 1 aliphatic carbocycles. The normalized spacial score (nSPS) is 17.5. The van der Waals surface area contributed by atoms with Crippen molar-refractivity contribution in [3.05, 3.63) is 29.6 Å². The first-order valence-corrected chi connectivity index (χ1v) is 10.2. The second kappa shape index (κ2) is 8.91. The van der Waals surface area contributed by atoms with Crippen molar-refractivity contribution in [3.63, 3.8) is 0 Å². The summed E-state index contributed by atoms with van der Waals surface area (Å²) in [5.74, 6) is 3.19. The molecule has 1 aliphatic rings. The lowest BCUT2D eigenvalue weighted by atomic mass is 9.79. The van der Waals surface area contributed by atoms with Crippen LogP contribution in [0.25, 0.3) is 0 Å². The predicted molar refractivity (Wildman–Crippen MR) is 106 cm³/mol. The van der Waals surface area contributed by atoms with Crippen molar-refractivity contribution >= 4 is 0 Å². The standard InChI is InChI=1S/C22H38N2O/c1-7-11-18(14-15-22(4,5)16(2)25-6)20-21(24-17(3)23-20)19-12-9-8-10-13-19/h18-19H,2,7-15H2,1,3-6H3,(H,23,24)/t18-/m0/s1. The fourth-order valence-electron chi connectivity index (χ4n) is 4.26. The summed E-state index contributed by atoms with van der Waals surface area (Å²) in [6, 6.07) is 0. The molecule has 2 rings (SSSR count). The molecule has 1 saturated carbocycles. The van der Waals surface area contributed by atoms with Gasteiger partial charge in [-0.2, -0.15) is 0 Å². The van der Waals surface area contributed by atoms with Crippen molar-refractivity contribution in [2.24, 2.45) is 5.41 Å². The summed E-state index contributed by atoms with van der Waals surface area (Å²) in [4.78, 5) is 8.58. The zero-order valence-electron chi connectivity index (χ0n) is 17.1. The number of allylic oxidation sites excluding steroid dienone is 1. The zero-order valence-corrected chi connectivity index (χ0v) is 17.1. The molecule has 3 heteroatoms. The van der Waals surface area contributed by atoms with E-state index in [1.54, 1.807) is 7.11 Å². The highest BCUT2D eigenvalue weighted by atomic mass is 16.5. The van der Waals surface area contributed by atoms with Crippen molar-refractivity contribution in [1.82, 2.24) is 9.97 Å². The highest BCUT2D eigenvalue weighted by Gasteiger charge is 2.29. The van der Waals surface area contributed by atoms with Gasteiger partial charge in [-0.15, -0.1) is 0 Å². The van der Waals surface area contributed by atoms with Gasteiger partial charge in [0.25, 0.3) is 0 Å². The van der Waals surface area contributed by atoms with E-state index in [2.05, 4.69) is 39.3 Å². The largest absolute Gasteiger partial charge is 0.501 e. The first-order valence-electron chi connectivity index (χ1n) is 10.2. The van der Waals surface area contributed by atoms with Crippen molar-refractivity contribution in [3.8, 4) is 0 Å². The maximum absolute atomic E-state index is 5.42. The first-order chi connectivity index (χ1) is 11.9. The minimum absolute atomic E-state index is 0.0147. The fraction of sp³-hybridized carbons (Fsp3) is 0.773. The lowest BCUT2D eigenvalue weighted by molar-refractivity contribution is 0.182. The topological polar surface area (TPSA) is 37.9 Å². The zero-order chi connectivity index (χ0) is 18.4. The Labute approximate surface area is 154 Å². The number of H-pyrrole nitrogens is 1. The van der Waals surface area contributed by atoms with Gasteiger partial charge < -0.3 is 9.72 Å². The van der Waals surface area contributed by atoms with Gasteiger partial charge in [0.15, 0.2) is 0 Å². The molecule has 0 saturated heterocycles. The Morgan fingerprint density at radius 2 is 1.96 bits per heavy atom. The first kappa shape index (κ1) is 20.1. The second-order valence-corrected chi connectivity index (χ2v) is 8.49. The van der Waals surface area contributed by atoms with Gasteiger partial charge >= 0.3 is 0 Å². The van der Waals surface area contributed by atoms with E-state index in [1.165, 1.54) is 56.3 Å². The Morgan fingerprint density at radius 3 is 2.56 bits per heavy atom. The van der Waals surface area contributed by atoms with Gasteiger partial charge in [-0.1, -0.05) is 53.0 Å². The Morgan fingerprint density at radius 1 is 1.28 bits per heavy atom. The maximum atomic E-state index is 5.42. The Kier molecular flexibility index (Phi) is 7.15. The fourth-order valence-corrected chi connectivity index (χ4v) is 4.26. The lowest BCUT2D eigenvalue weighted by Crippen LogP contribution is -2.18. The number of hydrogen-bond acceptors (Lipinski definition) is 2. The van der Waals surface area contributed by atoms with E-state index in [-0.39, 0.29) is 5.41 Å². The number of rotatable bonds is 9. The molecule has 0 radical (unpaired) electrons. The van der Waals surface area contributed by atoms with Crippen molar-refractivity contribution in [2.75, 3.05) is 7.11 Å². The summed E-state index contributed by atoms with van der Waals surface area (Å²) >= 11 is 0. The SMILES string of the molecule is C=C(OC)C(C)(C)CC[C@H](CCC)c1[nH]c(C)nc1C1CCCCC1. The average Bonchev–Trinajstić information content (AvgIpc) is 3.00. The number of methoxy groups -OCH3 is 1. The van der Waals surface area contributed by atoms with Crippen LogP contribution >= 0.6 is 0 Å². The predicted octanol–water partition coefficient (Wildman–Crippen LogP) is 6.62. The third-order valence-electron chi connectivity index (χ3n) is 6.04. The van der Waals surface area contributed by atoms with Crippen LogP contribution in [0, 0.1) is 12.3 Å². The molecule has 3 nitrogen and oxygen atoms in total. The molecular formula is C22H38N2O. The number of aromatic amines is 1. The molecule has 142 valence electrons. The number of aromatic nitrogens is 2. The molecule has 0 unspecified atom stereocenters. The third kappa shape index (κ3) is 5.12. The number of ether oxygens (including phenoxy) is 1. The van der Waals surface area contributed by atoms with Crippen LogP contribution in [-0.4, -0.2) is 17.1 Å². The van der Waals surface area contributed by atoms with E-state index >= 15 is 0 Å². The van der Waals surface area contributed by atoms with Gasteiger partial charge in [-0.25, -0.2) is 4.98 Å². The molecule has 1 atom stereocenters. The molecule has 1 heterocycles. The molecule has 1 aromatic heterocycles. The number of aryl methyl sites for hydroxylation is 1. The molecule has 0 spiro atoms. The van der Waals surface area contributed by atoms with E-state index in [1.807, 2.05) is 0 Å². The lowest BCUT2D eigenvalue weighted by Gasteiger charge is -2.29. The Bertz CT molecular complexity index is 552. The molecule has 0 bridgehead atoms. The summed E-state index contributed by atoms with van der Waals surface area (Å²) in [5, 5.41) is 0. The van der Waals surface area contributed by atoms with Crippen molar-refractivity contribution in [2.45, 2.75) is 97.3 Å². The van der Waals surface area contributed by atoms with Gasteiger partial charge in [0.05, 0.1) is 18.6 Å². The van der Waals surface area contributed by atoms with Crippen LogP contribution < -0.4 is 0 Å². The van der Waals surface area contributed by atoms with Crippen LogP contribution in [0.3, 0.4) is 0 Å². The van der Waals surface area contributed by atoms with Gasteiger partial charge in [-0.05, 0) is 39.0 Å². The molecule has 0 aromatic carbocycles. The quantitative estimate of drug-likeness (QED) is 0.510. The van der Waals surface area contributed by atoms with Gasteiger partial charge in [0, 0.05) is 22.9 Å². The van der Waals surface area contributed by atoms with Gasteiger partial charge in [-0.3, -0.25) is 0 Å². The highest BCUT2D eigenvalue weighted by Crippen LogP contribution is 2.40. The number of imidazole rings is 1. The van der Waals surface area contributed by atoms with E-state index in [9.17, 15) is 0 Å². The molecular weight excluding hydrogens is 308 g/mol. The van der Waals surface area contributed by atoms with Crippen LogP contribution in [0.5, 0.6) is 0 Å². The number of hydrogen-bond donors (Lipinski definition) is 1. The number of nitrogens with zero attached hydrogens (tertiary/aromatic N) is 1. The summed E-state index contributed by atoms with van der Waals surface area (Å²) in [6.07, 6.45) is 11.4. The minimum Gasteiger partial charge on any atom is -0.501 e. The molecule has 1 fully saturated rings. The third-order valence-corrected chi connectivity index (χ3v) is 6.04. The van der Waals surface area contributed by atoms with Crippen LogP contribution in [0.4, 0.5) is 0 Å². The van der Waals surface area contributed by atoms with E-state index < -0.39 is 0 Å². The summed E-state index contributed by atoms with van der Waals surface area (Å²) < 4.78 is 5.42. The second-order valence-electron chi connectivity index (χ2n) is 8.49. The van der Waals surface area contributed by atoms with Gasteiger partial charge in [0.1, 0.15) is 5.82 Å². The van der Waals surface area contributed by atoms with Gasteiger partial charge in [0.2, 0.25) is 0 Å².